The van der Waals surface area contributed by atoms with E-state index in [1.165, 1.54) is 295 Å². The molecule has 3 N–H and O–H groups in total. The highest BCUT2D eigenvalue weighted by atomic mass is 16.3. The molecule has 0 saturated heterocycles. The summed E-state index contributed by atoms with van der Waals surface area (Å²) in [6, 6.07) is -0.541. The molecule has 0 fully saturated rings. The van der Waals surface area contributed by atoms with E-state index in [0.717, 1.165) is 38.5 Å². The van der Waals surface area contributed by atoms with Crippen molar-refractivity contribution in [2.24, 2.45) is 0 Å². The molecule has 4 heteroatoms. The van der Waals surface area contributed by atoms with E-state index in [0.29, 0.717) is 12.8 Å². The Hall–Kier alpha value is -1.39. The van der Waals surface area contributed by atoms with Crippen LogP contribution in [0.3, 0.4) is 0 Å². The second-order valence-electron chi connectivity index (χ2n) is 22.2. The zero-order valence-electron chi connectivity index (χ0n) is 47.8. The van der Waals surface area contributed by atoms with Gasteiger partial charge in [-0.1, -0.05) is 339 Å². The molecule has 2 unspecified atom stereocenters. The number of aliphatic hydroxyl groups excluding tert-OH is 2. The molecule has 1 amide bonds. The van der Waals surface area contributed by atoms with Crippen molar-refractivity contribution in [2.75, 3.05) is 6.61 Å². The average Bonchev–Trinajstić information content (AvgIpc) is 3.36. The van der Waals surface area contributed by atoms with Crippen LogP contribution in [0, 0.1) is 0 Å². The first-order chi connectivity index (χ1) is 34.7. The molecule has 0 rings (SSSR count). The number of allylic oxidation sites excluding steroid dienone is 6. The lowest BCUT2D eigenvalue weighted by atomic mass is 10.0. The van der Waals surface area contributed by atoms with Crippen LogP contribution in [0.1, 0.15) is 361 Å². The molecule has 70 heavy (non-hydrogen) atoms. The summed E-state index contributed by atoms with van der Waals surface area (Å²) in [5.41, 5.74) is 0. The second-order valence-corrected chi connectivity index (χ2v) is 22.2. The van der Waals surface area contributed by atoms with Crippen molar-refractivity contribution in [1.29, 1.82) is 0 Å². The largest absolute Gasteiger partial charge is 0.394 e. The van der Waals surface area contributed by atoms with Crippen LogP contribution in [-0.2, 0) is 4.79 Å². The maximum absolute atomic E-state index is 12.5. The molecular formula is C66H127NO3. The Morgan fingerprint density at radius 3 is 0.871 bits per heavy atom. The van der Waals surface area contributed by atoms with Gasteiger partial charge in [-0.3, -0.25) is 4.79 Å². The van der Waals surface area contributed by atoms with Crippen LogP contribution in [-0.4, -0.2) is 34.9 Å². The van der Waals surface area contributed by atoms with Gasteiger partial charge in [0.1, 0.15) is 0 Å². The lowest BCUT2D eigenvalue weighted by Gasteiger charge is -2.22. The Kier molecular flexibility index (Phi) is 60.7. The van der Waals surface area contributed by atoms with Crippen LogP contribution >= 0.6 is 0 Å². The topological polar surface area (TPSA) is 69.6 Å². The van der Waals surface area contributed by atoms with Crippen molar-refractivity contribution >= 4 is 5.91 Å². The molecule has 0 heterocycles. The van der Waals surface area contributed by atoms with Crippen molar-refractivity contribution in [3.8, 4) is 0 Å². The highest BCUT2D eigenvalue weighted by Crippen LogP contribution is 2.19. The van der Waals surface area contributed by atoms with Gasteiger partial charge in [0.25, 0.3) is 0 Å². The number of aliphatic hydroxyl groups is 2. The van der Waals surface area contributed by atoms with Crippen LogP contribution in [0.5, 0.6) is 0 Å². The van der Waals surface area contributed by atoms with E-state index < -0.39 is 12.1 Å². The van der Waals surface area contributed by atoms with Gasteiger partial charge in [0.2, 0.25) is 5.91 Å². The summed E-state index contributed by atoms with van der Waals surface area (Å²) in [7, 11) is 0. The highest BCUT2D eigenvalue weighted by molar-refractivity contribution is 5.76. The monoisotopic (exact) mass is 982 g/mol. The Morgan fingerprint density at radius 2 is 0.586 bits per heavy atom. The third-order valence-corrected chi connectivity index (χ3v) is 15.2. The van der Waals surface area contributed by atoms with Gasteiger partial charge in [-0.05, 0) is 51.4 Å². The molecule has 0 aliphatic heterocycles. The third kappa shape index (κ3) is 57.5. The van der Waals surface area contributed by atoms with Crippen LogP contribution in [0.2, 0.25) is 0 Å². The van der Waals surface area contributed by atoms with Gasteiger partial charge < -0.3 is 15.5 Å². The molecule has 4 nitrogen and oxygen atoms in total. The lowest BCUT2D eigenvalue weighted by molar-refractivity contribution is -0.123. The number of nitrogens with one attached hydrogen (secondary N) is 1. The quantitative estimate of drug-likeness (QED) is 0.0420. The summed E-state index contributed by atoms with van der Waals surface area (Å²) in [6.07, 6.45) is 84.6. The lowest BCUT2D eigenvalue weighted by Crippen LogP contribution is -2.45. The molecule has 0 aliphatic carbocycles. The minimum Gasteiger partial charge on any atom is -0.394 e. The smallest absolute Gasteiger partial charge is 0.220 e. The van der Waals surface area contributed by atoms with Crippen LogP contribution in [0.4, 0.5) is 0 Å². The molecule has 0 aromatic carbocycles. The zero-order valence-corrected chi connectivity index (χ0v) is 47.8. The number of hydrogen-bond donors (Lipinski definition) is 3. The molecule has 0 radical (unpaired) electrons. The van der Waals surface area contributed by atoms with Gasteiger partial charge in [0.15, 0.2) is 0 Å². The Bertz CT molecular complexity index is 1070. The van der Waals surface area contributed by atoms with Gasteiger partial charge in [-0.2, -0.15) is 0 Å². The normalized spacial score (nSPS) is 12.9. The fraction of sp³-hybridized carbons (Fsp3) is 0.894. The van der Waals surface area contributed by atoms with E-state index in [1.54, 1.807) is 0 Å². The van der Waals surface area contributed by atoms with E-state index in [1.807, 2.05) is 0 Å². The maximum atomic E-state index is 12.5. The number of carbonyl (C=O) groups excluding carboxylic acids is 1. The van der Waals surface area contributed by atoms with Gasteiger partial charge in [0.05, 0.1) is 18.8 Å². The highest BCUT2D eigenvalue weighted by Gasteiger charge is 2.20. The van der Waals surface area contributed by atoms with Crippen LogP contribution < -0.4 is 5.32 Å². The summed E-state index contributed by atoms with van der Waals surface area (Å²) in [5, 5.41) is 23.4. The Labute approximate surface area is 440 Å². The summed E-state index contributed by atoms with van der Waals surface area (Å²) in [6.45, 7) is 4.38. The fourth-order valence-corrected chi connectivity index (χ4v) is 10.3. The fourth-order valence-electron chi connectivity index (χ4n) is 10.3. The predicted molar refractivity (Wildman–Crippen MR) is 313 cm³/mol. The molecule has 0 aromatic heterocycles. The van der Waals surface area contributed by atoms with Crippen LogP contribution in [0.15, 0.2) is 36.5 Å². The first-order valence-electron chi connectivity index (χ1n) is 32.2. The molecule has 0 bridgehead atoms. The predicted octanol–water partition coefficient (Wildman–Crippen LogP) is 21.6. The van der Waals surface area contributed by atoms with E-state index in [2.05, 4.69) is 55.6 Å². The minimum atomic E-state index is -0.664. The van der Waals surface area contributed by atoms with Gasteiger partial charge in [-0.25, -0.2) is 0 Å². The average molecular weight is 983 g/mol. The van der Waals surface area contributed by atoms with Crippen molar-refractivity contribution in [2.45, 2.75) is 373 Å². The first kappa shape index (κ1) is 68.6. The van der Waals surface area contributed by atoms with Crippen molar-refractivity contribution in [3.63, 3.8) is 0 Å². The zero-order chi connectivity index (χ0) is 50.6. The Morgan fingerprint density at radius 1 is 0.343 bits per heavy atom. The van der Waals surface area contributed by atoms with Crippen molar-refractivity contribution in [3.05, 3.63) is 36.5 Å². The number of unbranched alkanes of at least 4 members (excludes halogenated alkanes) is 47. The molecule has 2 atom stereocenters. The number of rotatable bonds is 60. The molecule has 414 valence electrons. The Balaban J connectivity index is 3.41. The number of hydrogen-bond acceptors (Lipinski definition) is 3. The number of amides is 1. The first-order valence-corrected chi connectivity index (χ1v) is 32.2. The van der Waals surface area contributed by atoms with Crippen molar-refractivity contribution in [1.82, 2.24) is 5.32 Å². The standard InChI is InChI=1S/C66H127NO3/c1-3-5-7-9-11-13-15-17-19-21-23-25-27-29-30-31-32-33-34-35-36-38-39-41-43-45-47-49-51-53-55-57-59-61-65(69)64(63-68)67-66(70)62-60-58-56-54-52-50-48-46-44-42-40-37-28-26-24-22-20-18-16-14-12-10-8-6-4-2/h16,18,22,24,28,37,64-65,68-69H,3-15,17,19-21,23,25-27,29-36,38-63H2,1-2H3,(H,67,70)/b18-16-,24-22-,37-28-. The van der Waals surface area contributed by atoms with Crippen LogP contribution in [0.25, 0.3) is 0 Å². The van der Waals surface area contributed by atoms with E-state index in [-0.39, 0.29) is 12.5 Å². The molecule has 0 aromatic rings. The van der Waals surface area contributed by atoms with Crippen molar-refractivity contribution < 1.29 is 15.0 Å². The molecular weight excluding hydrogens is 855 g/mol. The third-order valence-electron chi connectivity index (χ3n) is 15.2. The van der Waals surface area contributed by atoms with Gasteiger partial charge in [0, 0.05) is 6.42 Å². The SMILES string of the molecule is CCCCCCC/C=C\C/C=C\C/C=C\CCCCCCCCCCCCC(=O)NC(CO)C(O)CCCCCCCCCCCCCCCCCCCCCCCCCCCCCCCCCCC. The van der Waals surface area contributed by atoms with Gasteiger partial charge in [-0.15, -0.1) is 0 Å². The molecule has 0 saturated carbocycles. The number of carbonyl (C=O) groups is 1. The van der Waals surface area contributed by atoms with E-state index in [4.69, 9.17) is 0 Å². The molecule has 0 aliphatic rings. The van der Waals surface area contributed by atoms with E-state index >= 15 is 0 Å². The van der Waals surface area contributed by atoms with Gasteiger partial charge >= 0.3 is 0 Å². The summed E-state index contributed by atoms with van der Waals surface area (Å²) < 4.78 is 0. The maximum Gasteiger partial charge on any atom is 0.220 e. The second kappa shape index (κ2) is 61.9. The minimum absolute atomic E-state index is 0.0305. The van der Waals surface area contributed by atoms with E-state index in [9.17, 15) is 15.0 Å². The summed E-state index contributed by atoms with van der Waals surface area (Å²) in [4.78, 5) is 12.5. The summed E-state index contributed by atoms with van der Waals surface area (Å²) >= 11 is 0. The summed E-state index contributed by atoms with van der Waals surface area (Å²) in [5.74, 6) is -0.0305. The molecule has 0 spiro atoms.